The quantitative estimate of drug-likeness (QED) is 0.305. The molecule has 3 aromatic carbocycles. The zero-order chi connectivity index (χ0) is 24.9. The largest absolute Gasteiger partial charge is 0.423 e. The molecule has 1 aliphatic carbocycles. The Hall–Kier alpha value is -3.16. The van der Waals surface area contributed by atoms with Crippen molar-refractivity contribution in [3.63, 3.8) is 0 Å². The average molecular weight is 485 g/mol. The minimum Gasteiger partial charge on any atom is -0.423 e. The van der Waals surface area contributed by atoms with E-state index >= 15 is 0 Å². The number of hydrogen-bond donors (Lipinski definition) is 1. The first-order chi connectivity index (χ1) is 16.9. The molecule has 1 aliphatic rings. The summed E-state index contributed by atoms with van der Waals surface area (Å²) in [5, 5.41) is 9.66. The van der Waals surface area contributed by atoms with E-state index in [1.807, 2.05) is 6.92 Å². The van der Waals surface area contributed by atoms with Gasteiger partial charge in [0.25, 0.3) is 0 Å². The molecule has 0 amide bonds. The molecule has 0 radical (unpaired) electrons. The molecule has 3 aromatic rings. The number of halogens is 3. The molecule has 0 heterocycles. The molecule has 0 bridgehead atoms. The molecule has 0 saturated heterocycles. The van der Waals surface area contributed by atoms with E-state index in [0.29, 0.717) is 49.0 Å². The second kappa shape index (κ2) is 11.1. The van der Waals surface area contributed by atoms with E-state index in [0.717, 1.165) is 6.07 Å². The van der Waals surface area contributed by atoms with Crippen molar-refractivity contribution in [1.82, 2.24) is 0 Å². The van der Waals surface area contributed by atoms with Crippen LogP contribution in [0, 0.1) is 17.5 Å². The zero-order valence-corrected chi connectivity index (χ0v) is 19.4. The molecule has 1 saturated carbocycles. The second-order valence-electron chi connectivity index (χ2n) is 8.69. The normalized spacial score (nSPS) is 17.9. The summed E-state index contributed by atoms with van der Waals surface area (Å²) >= 11 is 0. The molecule has 0 aromatic heterocycles. The molecule has 1 fully saturated rings. The number of benzene rings is 3. The van der Waals surface area contributed by atoms with Crippen molar-refractivity contribution in [1.29, 1.82) is 0 Å². The first-order valence-electron chi connectivity index (χ1n) is 11.7. The van der Waals surface area contributed by atoms with Crippen molar-refractivity contribution in [2.45, 2.75) is 51.2 Å². The first-order valence-corrected chi connectivity index (χ1v) is 11.7. The third kappa shape index (κ3) is 5.74. The van der Waals surface area contributed by atoms with Gasteiger partial charge in [-0.25, -0.2) is 18.0 Å². The van der Waals surface area contributed by atoms with E-state index < -0.39 is 23.4 Å². The Kier molecular flexibility index (Phi) is 7.88. The molecular formula is C28H27F3O4. The lowest BCUT2D eigenvalue weighted by atomic mass is 9.82. The summed E-state index contributed by atoms with van der Waals surface area (Å²) in [6.45, 7) is 2.39. The summed E-state index contributed by atoms with van der Waals surface area (Å²) in [4.78, 5) is 12.5. The predicted molar refractivity (Wildman–Crippen MR) is 126 cm³/mol. The minimum absolute atomic E-state index is 0.0516. The highest BCUT2D eigenvalue weighted by molar-refractivity contribution is 5.91. The van der Waals surface area contributed by atoms with Crippen LogP contribution in [0.15, 0.2) is 54.6 Å². The molecular weight excluding hydrogens is 457 g/mol. The Labute approximate surface area is 202 Å². The van der Waals surface area contributed by atoms with Crippen LogP contribution in [0.3, 0.4) is 0 Å². The summed E-state index contributed by atoms with van der Waals surface area (Å²) < 4.78 is 54.4. The highest BCUT2D eigenvalue weighted by Crippen LogP contribution is 2.37. The van der Waals surface area contributed by atoms with Crippen LogP contribution in [0.1, 0.15) is 60.0 Å². The number of hydrogen-bond acceptors (Lipinski definition) is 4. The predicted octanol–water partition coefficient (Wildman–Crippen LogP) is 6.55. The van der Waals surface area contributed by atoms with Gasteiger partial charge in [-0.15, -0.1) is 0 Å². The van der Waals surface area contributed by atoms with Gasteiger partial charge >= 0.3 is 5.97 Å². The van der Waals surface area contributed by atoms with E-state index in [-0.39, 0.29) is 35.5 Å². The van der Waals surface area contributed by atoms with Crippen molar-refractivity contribution in [2.24, 2.45) is 0 Å². The SMILES string of the molecule is CCOCc1ccc(OC(=O)c2ccc(-c3ccc(C4CCC(O)CC4)c(F)c3F)cc2)cc1F. The number of aliphatic hydroxyl groups is 1. The molecule has 0 unspecified atom stereocenters. The molecule has 1 N–H and O–H groups in total. The fourth-order valence-electron chi connectivity index (χ4n) is 4.36. The van der Waals surface area contributed by atoms with Crippen LogP contribution in [-0.2, 0) is 11.3 Å². The van der Waals surface area contributed by atoms with Crippen LogP contribution >= 0.6 is 0 Å². The molecule has 0 aliphatic heterocycles. The van der Waals surface area contributed by atoms with E-state index in [2.05, 4.69) is 0 Å². The van der Waals surface area contributed by atoms with Gasteiger partial charge in [0.2, 0.25) is 0 Å². The van der Waals surface area contributed by atoms with Gasteiger partial charge in [-0.1, -0.05) is 30.3 Å². The van der Waals surface area contributed by atoms with Crippen molar-refractivity contribution in [3.05, 3.63) is 88.7 Å². The van der Waals surface area contributed by atoms with Gasteiger partial charge in [-0.05, 0) is 67.9 Å². The molecule has 0 atom stereocenters. The van der Waals surface area contributed by atoms with Crippen LogP contribution in [0.4, 0.5) is 13.2 Å². The van der Waals surface area contributed by atoms with Crippen LogP contribution < -0.4 is 4.74 Å². The summed E-state index contributed by atoms with van der Waals surface area (Å²) in [5.74, 6) is -3.11. The van der Waals surface area contributed by atoms with Crippen LogP contribution in [-0.4, -0.2) is 23.8 Å². The highest BCUT2D eigenvalue weighted by atomic mass is 19.2. The Balaban J connectivity index is 1.46. The van der Waals surface area contributed by atoms with Gasteiger partial charge in [0, 0.05) is 23.8 Å². The molecule has 35 heavy (non-hydrogen) atoms. The topological polar surface area (TPSA) is 55.8 Å². The van der Waals surface area contributed by atoms with E-state index in [1.54, 1.807) is 12.1 Å². The number of aliphatic hydroxyl groups excluding tert-OH is 1. The maximum Gasteiger partial charge on any atom is 0.343 e. The Morgan fingerprint density at radius 3 is 2.31 bits per heavy atom. The number of carbonyl (C=O) groups excluding carboxylic acids is 1. The van der Waals surface area contributed by atoms with Gasteiger partial charge in [0.15, 0.2) is 11.6 Å². The smallest absolute Gasteiger partial charge is 0.343 e. The number of ether oxygens (including phenoxy) is 2. The van der Waals surface area contributed by atoms with Crippen molar-refractivity contribution in [3.8, 4) is 16.9 Å². The van der Waals surface area contributed by atoms with Crippen molar-refractivity contribution >= 4 is 5.97 Å². The monoisotopic (exact) mass is 484 g/mol. The number of esters is 1. The first kappa shape index (κ1) is 24.9. The third-order valence-corrected chi connectivity index (χ3v) is 6.38. The van der Waals surface area contributed by atoms with E-state index in [9.17, 15) is 23.1 Å². The van der Waals surface area contributed by atoms with Gasteiger partial charge in [0.1, 0.15) is 11.6 Å². The lowest BCUT2D eigenvalue weighted by molar-refractivity contribution is 0.0734. The lowest BCUT2D eigenvalue weighted by Gasteiger charge is -2.26. The standard InChI is InChI=1S/C28H27F3O4/c1-2-34-16-20-9-12-22(15-25(20)29)35-28(33)19-5-3-17(4-6-19)23-13-14-24(27(31)26(23)30)18-7-10-21(32)11-8-18/h3-6,9,12-15,18,21,32H,2,7-8,10-11,16H2,1H3. The second-order valence-corrected chi connectivity index (χ2v) is 8.69. The van der Waals surface area contributed by atoms with Gasteiger partial charge in [-0.2, -0.15) is 0 Å². The molecule has 4 nitrogen and oxygen atoms in total. The van der Waals surface area contributed by atoms with Crippen molar-refractivity contribution < 1.29 is 32.5 Å². The van der Waals surface area contributed by atoms with Gasteiger partial charge in [0.05, 0.1) is 18.3 Å². The molecule has 184 valence electrons. The Bertz CT molecular complexity index is 1190. The maximum absolute atomic E-state index is 14.9. The highest BCUT2D eigenvalue weighted by Gasteiger charge is 2.25. The summed E-state index contributed by atoms with van der Waals surface area (Å²) in [7, 11) is 0. The fraction of sp³-hybridized carbons (Fsp3) is 0.321. The van der Waals surface area contributed by atoms with Crippen LogP contribution in [0.2, 0.25) is 0 Å². The van der Waals surface area contributed by atoms with E-state index in [4.69, 9.17) is 9.47 Å². The third-order valence-electron chi connectivity index (χ3n) is 6.38. The zero-order valence-electron chi connectivity index (χ0n) is 19.4. The van der Waals surface area contributed by atoms with Gasteiger partial charge in [-0.3, -0.25) is 0 Å². The number of rotatable bonds is 7. The average Bonchev–Trinajstić information content (AvgIpc) is 2.86. The summed E-state index contributed by atoms with van der Waals surface area (Å²) in [6, 6.07) is 13.2. The Morgan fingerprint density at radius 1 is 0.943 bits per heavy atom. The summed E-state index contributed by atoms with van der Waals surface area (Å²) in [5.41, 5.74) is 1.38. The molecule has 4 rings (SSSR count). The van der Waals surface area contributed by atoms with Gasteiger partial charge < -0.3 is 14.6 Å². The fourth-order valence-corrected chi connectivity index (χ4v) is 4.36. The lowest BCUT2D eigenvalue weighted by Crippen LogP contribution is -2.18. The minimum atomic E-state index is -0.938. The number of carbonyl (C=O) groups is 1. The molecule has 7 heteroatoms. The van der Waals surface area contributed by atoms with Crippen molar-refractivity contribution in [2.75, 3.05) is 6.61 Å². The Morgan fingerprint density at radius 2 is 1.66 bits per heavy atom. The van der Waals surface area contributed by atoms with E-state index in [1.165, 1.54) is 36.4 Å². The summed E-state index contributed by atoms with van der Waals surface area (Å²) in [6.07, 6.45) is 2.02. The van der Waals surface area contributed by atoms with Crippen LogP contribution in [0.5, 0.6) is 5.75 Å². The molecule has 0 spiro atoms. The maximum atomic E-state index is 14.9. The van der Waals surface area contributed by atoms with Crippen LogP contribution in [0.25, 0.3) is 11.1 Å².